The second-order valence-electron chi connectivity index (χ2n) is 8.37. The van der Waals surface area contributed by atoms with Gasteiger partial charge in [0.15, 0.2) is 13.6 Å². The van der Waals surface area contributed by atoms with Crippen molar-refractivity contribution < 1.29 is 91.0 Å². The molecule has 0 aliphatic heterocycles. The van der Waals surface area contributed by atoms with Crippen LogP contribution in [0.2, 0.25) is 0 Å². The summed E-state index contributed by atoms with van der Waals surface area (Å²) in [5, 5.41) is 17.2. The zero-order chi connectivity index (χ0) is 33.1. The van der Waals surface area contributed by atoms with Crippen molar-refractivity contribution in [3.8, 4) is 0 Å². The highest BCUT2D eigenvalue weighted by atomic mass is 16.7. The lowest BCUT2D eigenvalue weighted by Crippen LogP contribution is -2.30. The molecular formula is C36H86O19. The van der Waals surface area contributed by atoms with Gasteiger partial charge in [-0.1, -0.05) is 74.3 Å². The molecule has 0 unspecified atom stereocenters. The van der Waals surface area contributed by atoms with E-state index in [1.807, 2.05) is 0 Å². The van der Waals surface area contributed by atoms with Gasteiger partial charge in [-0.15, -0.1) is 0 Å². The van der Waals surface area contributed by atoms with Crippen molar-refractivity contribution in [1.29, 1.82) is 0 Å². The van der Waals surface area contributed by atoms with Crippen LogP contribution in [0.5, 0.6) is 0 Å². The zero-order valence-electron chi connectivity index (χ0n) is 25.3. The largest absolute Gasteiger partial charge is 0.480 e. The molecule has 344 valence electrons. The van der Waals surface area contributed by atoms with Crippen LogP contribution in [0.1, 0.15) is 74.3 Å². The molecule has 0 aromatic rings. The number of hydrogen-bond donors (Lipinski definition) is 2. The number of carbonyl (C=O) groups excluding carboxylic acids is 2. The lowest BCUT2D eigenvalue weighted by Gasteiger charge is -2.19. The van der Waals surface area contributed by atoms with Crippen LogP contribution in [0.25, 0.3) is 0 Å². The normalized spacial score (nSPS) is 9.20. The van der Waals surface area contributed by atoms with Gasteiger partial charge in [-0.25, -0.2) is 9.59 Å². The third-order valence-electron chi connectivity index (χ3n) is 4.76. The molecule has 0 rings (SSSR count). The molecule has 0 saturated heterocycles. The van der Waals surface area contributed by atoms with E-state index in [0.29, 0.717) is 0 Å². The van der Waals surface area contributed by atoms with Crippen LogP contribution >= 0.6 is 0 Å². The highest BCUT2D eigenvalue weighted by molar-refractivity contribution is 5.68. The highest BCUT2D eigenvalue weighted by Crippen LogP contribution is 1.99. The van der Waals surface area contributed by atoms with E-state index in [1.165, 1.54) is 0 Å². The van der Waals surface area contributed by atoms with E-state index in [1.54, 1.807) is 0 Å². The number of carboxylic acids is 2. The van der Waals surface area contributed by atoms with Crippen molar-refractivity contribution in [3.63, 3.8) is 0 Å². The maximum atomic E-state index is 10.5. The van der Waals surface area contributed by atoms with E-state index >= 15 is 0 Å². The van der Waals surface area contributed by atoms with Crippen LogP contribution in [-0.4, -0.2) is 180 Å². The van der Waals surface area contributed by atoms with Gasteiger partial charge in [0, 0.05) is 0 Å². The fourth-order valence-electron chi connectivity index (χ4n) is 2.86. The zero-order valence-corrected chi connectivity index (χ0v) is 25.3. The minimum Gasteiger partial charge on any atom is -0.480 e. The molecule has 0 aromatic heterocycles. The lowest BCUT2D eigenvalue weighted by molar-refractivity contribution is -0.144. The summed E-state index contributed by atoms with van der Waals surface area (Å²) in [5.41, 5.74) is 0. The van der Waals surface area contributed by atoms with Crippen LogP contribution < -0.4 is 0 Å². The predicted octanol–water partition coefficient (Wildman–Crippen LogP) is 4.70. The van der Waals surface area contributed by atoms with Crippen LogP contribution in [0, 0.1) is 0 Å². The highest BCUT2D eigenvalue weighted by Gasteiger charge is 2.12. The second-order valence-corrected chi connectivity index (χ2v) is 8.37. The molecule has 0 radical (unpaired) electrons. The Morgan fingerprint density at radius 3 is 0.909 bits per heavy atom. The van der Waals surface area contributed by atoms with Gasteiger partial charge < -0.3 is 71.8 Å². The first-order valence-electron chi connectivity index (χ1n) is 14.0. The molecule has 0 aliphatic rings. The Morgan fingerprint density at radius 1 is 0.382 bits per heavy atom. The first-order chi connectivity index (χ1) is 22.0. The minimum absolute atomic E-state index is 0. The number of carbonyl (C=O) groups is 4. The van der Waals surface area contributed by atoms with E-state index in [9.17, 15) is 19.2 Å². The van der Waals surface area contributed by atoms with Crippen LogP contribution in [0.15, 0.2) is 0 Å². The Hall–Kier alpha value is -2.56. The van der Waals surface area contributed by atoms with Gasteiger partial charge in [-0.3, -0.25) is 9.59 Å². The monoisotopic (exact) mass is 823 g/mol. The van der Waals surface area contributed by atoms with E-state index in [2.05, 4.69) is 9.47 Å². The molecule has 0 aromatic carbocycles. The van der Waals surface area contributed by atoms with E-state index < -0.39 is 37.4 Å². The molecule has 55 heavy (non-hydrogen) atoms. The van der Waals surface area contributed by atoms with Gasteiger partial charge in [0.25, 0.3) is 12.9 Å². The van der Waals surface area contributed by atoms with Crippen molar-refractivity contribution >= 4 is 24.9 Å². The summed E-state index contributed by atoms with van der Waals surface area (Å²) in [6.45, 7) is 2.37. The van der Waals surface area contributed by atoms with Gasteiger partial charge >= 0.3 is 11.9 Å². The number of aliphatic carboxylic acids is 2. The van der Waals surface area contributed by atoms with Crippen molar-refractivity contribution in [1.82, 2.24) is 0 Å². The average molecular weight is 823 g/mol. The third kappa shape index (κ3) is 66.6. The van der Waals surface area contributed by atoms with Crippen molar-refractivity contribution in [2.45, 2.75) is 86.5 Å². The summed E-state index contributed by atoms with van der Waals surface area (Å²) >= 11 is 0. The molecule has 19 nitrogen and oxygen atoms in total. The van der Waals surface area contributed by atoms with Gasteiger partial charge in [0.2, 0.25) is 0 Å². The summed E-state index contributed by atoms with van der Waals surface area (Å²) < 4.78 is 67.8. The average Bonchev–Trinajstić information content (AvgIpc) is 3.01. The number of carboxylic acid groups (broad SMARTS) is 2. The van der Waals surface area contributed by atoms with Crippen molar-refractivity contribution in [2.75, 3.05) is 133 Å². The van der Waals surface area contributed by atoms with Crippen LogP contribution in [0.4, 0.5) is 0 Å². The van der Waals surface area contributed by atoms with Crippen LogP contribution in [-0.2, 0) is 80.8 Å². The van der Waals surface area contributed by atoms with Gasteiger partial charge in [-0.05, 0) is 0 Å². The summed E-state index contributed by atoms with van der Waals surface area (Å²) in [6.07, 6.45) is -0.912. The van der Waals surface area contributed by atoms with Crippen molar-refractivity contribution in [3.05, 3.63) is 0 Å². The topological polar surface area (TPSA) is 229 Å². The van der Waals surface area contributed by atoms with Gasteiger partial charge in [-0.2, -0.15) is 0 Å². The van der Waals surface area contributed by atoms with Gasteiger partial charge in [0.1, 0.15) is 25.4 Å². The third-order valence-corrected chi connectivity index (χ3v) is 4.76. The Morgan fingerprint density at radius 2 is 0.636 bits per heavy atom. The molecule has 0 aliphatic carbocycles. The van der Waals surface area contributed by atoms with Gasteiger partial charge in [0.05, 0.1) is 106 Å². The first kappa shape index (κ1) is 80.8. The van der Waals surface area contributed by atoms with E-state index in [-0.39, 0.29) is 207 Å². The molecule has 2 N–H and O–H groups in total. The predicted molar refractivity (Wildman–Crippen MR) is 214 cm³/mol. The molecule has 0 bridgehead atoms. The molecule has 0 amide bonds. The van der Waals surface area contributed by atoms with E-state index in [4.69, 9.17) is 62.3 Å². The smallest absolute Gasteiger partial charge is 0.329 e. The summed E-state index contributed by atoms with van der Waals surface area (Å²) in [6, 6.07) is 0. The Labute approximate surface area is 334 Å². The molecule has 19 heteroatoms. The van der Waals surface area contributed by atoms with E-state index in [0.717, 1.165) is 0 Å². The number of hydrogen-bond acceptors (Lipinski definition) is 17. The molecular weight excluding hydrogens is 736 g/mol. The molecule has 0 atom stereocenters. The fraction of sp³-hybridized carbons (Fsp3) is 0.889. The minimum atomic E-state index is -1.08. The van der Waals surface area contributed by atoms with Crippen LogP contribution in [0.3, 0.4) is 0 Å². The summed E-state index contributed by atoms with van der Waals surface area (Å²) in [4.78, 5) is 41.2. The van der Waals surface area contributed by atoms with Crippen molar-refractivity contribution in [2.24, 2.45) is 0 Å². The second kappa shape index (κ2) is 66.3. The SMILES string of the molecule is C.C.C.C.C.C.C.C.C.C.O=COCOCCOCC(COCCOCOC=O)OCCOCCOC(COCCOCC(=O)O)COCCOCC(=O)O. The molecule has 0 spiro atoms. The standard InChI is InChI=1S/C26H46O19.10CH4/c27-19-42-21-40-7-5-36-15-24(16-37-6-8-41-22-43-20-28)45-12-10-33-9-11-44-23(13-34-1-3-38-17-25(29)30)14-35-2-4-39-18-26(31)32;;;;;;;;;;/h19-20,23-24H,1-18,21-22H2,(H,29,30)(H,31,32);10*1H4. The fourth-order valence-corrected chi connectivity index (χ4v) is 2.86. The quantitative estimate of drug-likeness (QED) is 0.0488. The first-order valence-corrected chi connectivity index (χ1v) is 14.0. The summed E-state index contributed by atoms with van der Waals surface area (Å²) in [7, 11) is 0. The number of rotatable bonds is 38. The Kier molecular flexibility index (Phi) is 97.4. The Balaban J connectivity index is -0.000000215. The maximum absolute atomic E-state index is 10.5. The number of ether oxygens (including phenoxy) is 13. The molecule has 0 fully saturated rings. The molecule has 0 saturated carbocycles. The Bertz CT molecular complexity index is 656. The maximum Gasteiger partial charge on any atom is 0.329 e. The summed E-state index contributed by atoms with van der Waals surface area (Å²) in [5.74, 6) is -2.15. The molecule has 0 heterocycles. The lowest BCUT2D eigenvalue weighted by atomic mass is 10.4.